The highest BCUT2D eigenvalue weighted by atomic mass is 35.5. The summed E-state index contributed by atoms with van der Waals surface area (Å²) < 4.78 is 16.3. The molecule has 1 aliphatic rings. The molecule has 1 atom stereocenters. The summed E-state index contributed by atoms with van der Waals surface area (Å²) in [7, 11) is 0. The number of halogens is 1. The predicted octanol–water partition coefficient (Wildman–Crippen LogP) is 4.88. The van der Waals surface area contributed by atoms with E-state index in [1.54, 1.807) is 26.8 Å². The van der Waals surface area contributed by atoms with E-state index in [1.165, 1.54) is 17.8 Å². The highest BCUT2D eigenvalue weighted by Crippen LogP contribution is 2.34. The van der Waals surface area contributed by atoms with E-state index in [1.807, 2.05) is 6.26 Å². The topological polar surface area (TPSA) is 94.8 Å². The van der Waals surface area contributed by atoms with Gasteiger partial charge in [-0.15, -0.1) is 0 Å². The molecular formula is C23H28ClNO6S. The fourth-order valence-electron chi connectivity index (χ4n) is 3.64. The van der Waals surface area contributed by atoms with Crippen LogP contribution in [0.4, 0.5) is 4.79 Å². The summed E-state index contributed by atoms with van der Waals surface area (Å²) in [6.07, 6.45) is 4.97. The van der Waals surface area contributed by atoms with Gasteiger partial charge in [0.1, 0.15) is 17.2 Å². The number of nitrogens with one attached hydrogen (secondary N) is 1. The Bertz CT molecular complexity index is 1070. The molecule has 0 radical (unpaired) electrons. The third-order valence-corrected chi connectivity index (χ3v) is 6.01. The van der Waals surface area contributed by atoms with Crippen LogP contribution in [0.5, 0.6) is 5.75 Å². The average molecular weight is 482 g/mol. The van der Waals surface area contributed by atoms with Crippen LogP contribution in [-0.4, -0.2) is 35.7 Å². The van der Waals surface area contributed by atoms with Crippen LogP contribution in [0.25, 0.3) is 11.0 Å². The van der Waals surface area contributed by atoms with Crippen molar-refractivity contribution in [2.24, 2.45) is 0 Å². The summed E-state index contributed by atoms with van der Waals surface area (Å²) in [4.78, 5) is 37.4. The predicted molar refractivity (Wildman–Crippen MR) is 126 cm³/mol. The zero-order valence-corrected chi connectivity index (χ0v) is 20.3. The van der Waals surface area contributed by atoms with Gasteiger partial charge in [0.25, 0.3) is 0 Å². The van der Waals surface area contributed by atoms with Gasteiger partial charge in [-0.25, -0.2) is 14.4 Å². The molecule has 0 aliphatic heterocycles. The van der Waals surface area contributed by atoms with E-state index >= 15 is 0 Å². The minimum atomic E-state index is -0.917. The second-order valence-electron chi connectivity index (χ2n) is 8.73. The number of hydrogen-bond donors (Lipinski definition) is 1. The molecule has 1 heterocycles. The van der Waals surface area contributed by atoms with Gasteiger partial charge >= 0.3 is 17.7 Å². The van der Waals surface area contributed by atoms with Crippen molar-refractivity contribution in [3.8, 4) is 5.75 Å². The molecule has 0 saturated heterocycles. The molecule has 9 heteroatoms. The first-order valence-electron chi connectivity index (χ1n) is 10.6. The van der Waals surface area contributed by atoms with Crippen molar-refractivity contribution < 1.29 is 23.5 Å². The highest BCUT2D eigenvalue weighted by Gasteiger charge is 2.27. The SMILES string of the molecule is CSCC[C@H](NC(=O)OC(C)(C)C)C(=O)Oc1cc2oc(=O)c3c(c2cc1Cl)CCCC3. The molecule has 7 nitrogen and oxygen atoms in total. The van der Waals surface area contributed by atoms with E-state index in [4.69, 9.17) is 25.5 Å². The number of amides is 1. The fourth-order valence-corrected chi connectivity index (χ4v) is 4.31. The second kappa shape index (κ2) is 10.2. The maximum Gasteiger partial charge on any atom is 0.408 e. The van der Waals surface area contributed by atoms with Gasteiger partial charge in [-0.1, -0.05) is 11.6 Å². The van der Waals surface area contributed by atoms with E-state index in [2.05, 4.69) is 5.32 Å². The Morgan fingerprint density at radius 2 is 1.91 bits per heavy atom. The summed E-state index contributed by atoms with van der Waals surface area (Å²) in [6, 6.07) is 2.22. The minimum absolute atomic E-state index is 0.0724. The number of carbonyl (C=O) groups excluding carboxylic acids is 2. The number of benzene rings is 1. The normalized spacial score (nSPS) is 14.5. The van der Waals surface area contributed by atoms with Crippen LogP contribution in [0.15, 0.2) is 21.3 Å². The van der Waals surface area contributed by atoms with Crippen molar-refractivity contribution in [2.45, 2.75) is 64.5 Å². The van der Waals surface area contributed by atoms with Crippen molar-refractivity contribution in [1.82, 2.24) is 5.32 Å². The maximum atomic E-state index is 12.9. The number of carbonyl (C=O) groups is 2. The quantitative estimate of drug-likeness (QED) is 0.357. The average Bonchev–Trinajstić information content (AvgIpc) is 2.71. The molecule has 1 aromatic heterocycles. The zero-order chi connectivity index (χ0) is 23.5. The van der Waals surface area contributed by atoms with Gasteiger partial charge in [-0.05, 0) is 76.5 Å². The molecule has 0 spiro atoms. The van der Waals surface area contributed by atoms with Crippen LogP contribution in [0.1, 0.15) is 51.2 Å². The Morgan fingerprint density at radius 1 is 1.22 bits per heavy atom. The smallest absolute Gasteiger partial charge is 0.408 e. The van der Waals surface area contributed by atoms with Crippen molar-refractivity contribution in [1.29, 1.82) is 0 Å². The Morgan fingerprint density at radius 3 is 2.56 bits per heavy atom. The Labute approximate surface area is 196 Å². The molecule has 0 saturated carbocycles. The molecule has 174 valence electrons. The molecule has 3 rings (SSSR count). The summed E-state index contributed by atoms with van der Waals surface area (Å²) in [5.41, 5.74) is 0.908. The second-order valence-corrected chi connectivity index (χ2v) is 10.1. The Kier molecular flexibility index (Phi) is 7.77. The van der Waals surface area contributed by atoms with Gasteiger partial charge in [0.2, 0.25) is 0 Å². The van der Waals surface area contributed by atoms with Crippen molar-refractivity contribution >= 4 is 46.4 Å². The van der Waals surface area contributed by atoms with Gasteiger partial charge in [-0.3, -0.25) is 0 Å². The molecule has 2 aromatic rings. The van der Waals surface area contributed by atoms with Crippen molar-refractivity contribution in [3.05, 3.63) is 38.7 Å². The van der Waals surface area contributed by atoms with Gasteiger partial charge in [0.15, 0.2) is 5.75 Å². The van der Waals surface area contributed by atoms with Gasteiger partial charge in [-0.2, -0.15) is 11.8 Å². The zero-order valence-electron chi connectivity index (χ0n) is 18.7. The van der Waals surface area contributed by atoms with Gasteiger partial charge in [0, 0.05) is 17.0 Å². The number of alkyl carbamates (subject to hydrolysis) is 1. The number of hydrogen-bond acceptors (Lipinski definition) is 7. The van der Waals surface area contributed by atoms with E-state index in [0.717, 1.165) is 30.2 Å². The number of ether oxygens (including phenoxy) is 2. The number of thioether (sulfide) groups is 1. The molecule has 0 unspecified atom stereocenters. The van der Waals surface area contributed by atoms with Crippen LogP contribution in [0.2, 0.25) is 5.02 Å². The van der Waals surface area contributed by atoms with Crippen LogP contribution >= 0.6 is 23.4 Å². The summed E-state index contributed by atoms with van der Waals surface area (Å²) >= 11 is 7.96. The van der Waals surface area contributed by atoms with Gasteiger partial charge < -0.3 is 19.2 Å². The standard InChI is InChI=1S/C23H28ClNO6S/c1-23(2,3)31-22(28)25-17(9-10-32-4)21(27)30-19-12-18-15(11-16(19)24)13-7-5-6-8-14(13)20(26)29-18/h11-12,17H,5-10H2,1-4H3,(H,25,28)/t17-/m0/s1. The van der Waals surface area contributed by atoms with E-state index in [0.29, 0.717) is 29.7 Å². The number of fused-ring (bicyclic) bond motifs is 3. The first kappa shape index (κ1) is 24.5. The van der Waals surface area contributed by atoms with Gasteiger partial charge in [0.05, 0.1) is 5.02 Å². The first-order chi connectivity index (χ1) is 15.1. The van der Waals surface area contributed by atoms with Crippen LogP contribution in [0.3, 0.4) is 0 Å². The molecule has 1 aliphatic carbocycles. The molecule has 1 aromatic carbocycles. The number of esters is 1. The lowest BCUT2D eigenvalue weighted by Gasteiger charge is -2.23. The minimum Gasteiger partial charge on any atom is -0.444 e. The number of aryl methyl sites for hydroxylation is 1. The molecule has 32 heavy (non-hydrogen) atoms. The summed E-state index contributed by atoms with van der Waals surface area (Å²) in [5, 5.41) is 3.56. The largest absolute Gasteiger partial charge is 0.444 e. The van der Waals surface area contributed by atoms with E-state index in [-0.39, 0.29) is 16.4 Å². The Hall–Kier alpha value is -2.19. The third kappa shape index (κ3) is 5.98. The highest BCUT2D eigenvalue weighted by molar-refractivity contribution is 7.98. The van der Waals surface area contributed by atoms with Crippen molar-refractivity contribution in [2.75, 3.05) is 12.0 Å². The van der Waals surface area contributed by atoms with E-state index in [9.17, 15) is 14.4 Å². The summed E-state index contributed by atoms with van der Waals surface area (Å²) in [6.45, 7) is 5.22. The van der Waals surface area contributed by atoms with E-state index < -0.39 is 23.7 Å². The van der Waals surface area contributed by atoms with Crippen LogP contribution < -0.4 is 15.7 Å². The lowest BCUT2D eigenvalue weighted by Crippen LogP contribution is -2.45. The lowest BCUT2D eigenvalue weighted by molar-refractivity contribution is -0.136. The lowest BCUT2D eigenvalue weighted by atomic mass is 9.91. The van der Waals surface area contributed by atoms with Crippen LogP contribution in [-0.2, 0) is 22.4 Å². The van der Waals surface area contributed by atoms with Crippen LogP contribution in [0, 0.1) is 0 Å². The molecule has 0 bridgehead atoms. The summed E-state index contributed by atoms with van der Waals surface area (Å²) in [5.74, 6) is 0.0249. The number of rotatable bonds is 6. The van der Waals surface area contributed by atoms with Crippen molar-refractivity contribution in [3.63, 3.8) is 0 Å². The molecule has 0 fully saturated rings. The molecule has 1 N–H and O–H groups in total. The monoisotopic (exact) mass is 481 g/mol. The maximum absolute atomic E-state index is 12.9. The fraction of sp³-hybridized carbons (Fsp3) is 0.522. The molecular weight excluding hydrogens is 454 g/mol. The first-order valence-corrected chi connectivity index (χ1v) is 12.3. The third-order valence-electron chi connectivity index (χ3n) is 5.07. The Balaban J connectivity index is 1.85. The molecule has 1 amide bonds.